The van der Waals surface area contributed by atoms with Crippen molar-refractivity contribution in [2.45, 2.75) is 76.0 Å². The van der Waals surface area contributed by atoms with Gasteiger partial charge in [0.25, 0.3) is 0 Å². The van der Waals surface area contributed by atoms with Gasteiger partial charge in [-0.25, -0.2) is 9.38 Å². The van der Waals surface area contributed by atoms with E-state index < -0.39 is 24.0 Å². The average Bonchev–Trinajstić information content (AvgIpc) is 2.95. The highest BCUT2D eigenvalue weighted by Gasteiger charge is 2.50. The molecule has 3 aliphatic heterocycles. The molecular weight excluding hydrogens is 474 g/mol. The topological polar surface area (TPSA) is 58.5 Å². The summed E-state index contributed by atoms with van der Waals surface area (Å²) in [5.74, 6) is 0.437. The van der Waals surface area contributed by atoms with E-state index in [4.69, 9.17) is 4.99 Å². The van der Waals surface area contributed by atoms with Crippen molar-refractivity contribution >= 4 is 11.8 Å². The fraction of sp³-hybridized carbons (Fsp3) is 0.760. The van der Waals surface area contributed by atoms with Crippen LogP contribution in [0.15, 0.2) is 33.4 Å². The number of aliphatic imine (C=N–C) groups is 2. The second-order valence-electron chi connectivity index (χ2n) is 11.5. The number of hydrogen-bond acceptors (Lipinski definition) is 6. The smallest absolute Gasteiger partial charge is 0.369 e. The first-order valence-electron chi connectivity index (χ1n) is 12.6. The molecule has 0 bridgehead atoms. The zero-order chi connectivity index (χ0) is 26.5. The summed E-state index contributed by atoms with van der Waals surface area (Å²) in [6.45, 7) is 10.9. The summed E-state index contributed by atoms with van der Waals surface area (Å²) >= 11 is 0. The molecule has 3 heterocycles. The van der Waals surface area contributed by atoms with Crippen LogP contribution in [-0.2, 0) is 0 Å². The minimum absolute atomic E-state index is 0.0808. The first-order chi connectivity index (χ1) is 16.7. The van der Waals surface area contributed by atoms with E-state index in [0.29, 0.717) is 13.1 Å². The summed E-state index contributed by atoms with van der Waals surface area (Å²) in [6, 6.07) is -0.743. The molecule has 0 aromatic carbocycles. The van der Waals surface area contributed by atoms with Gasteiger partial charge < -0.3 is 20.4 Å². The Balaban J connectivity index is 1.47. The zero-order valence-electron chi connectivity index (χ0n) is 22.1. The number of amidine groups is 1. The van der Waals surface area contributed by atoms with Gasteiger partial charge in [-0.3, -0.25) is 9.89 Å². The molecule has 0 radical (unpaired) electrons. The number of nitrogens with one attached hydrogen (secondary N) is 2. The predicted octanol–water partition coefficient (Wildman–Crippen LogP) is 2.93. The van der Waals surface area contributed by atoms with E-state index in [9.17, 15) is 17.6 Å². The predicted molar refractivity (Wildman–Crippen MR) is 135 cm³/mol. The van der Waals surface area contributed by atoms with Crippen LogP contribution < -0.4 is 10.6 Å². The molecule has 202 valence electrons. The van der Waals surface area contributed by atoms with Gasteiger partial charge in [0.15, 0.2) is 12.1 Å². The Morgan fingerprint density at radius 3 is 2.36 bits per heavy atom. The van der Waals surface area contributed by atoms with Crippen molar-refractivity contribution in [3.63, 3.8) is 0 Å². The Morgan fingerprint density at radius 2 is 1.78 bits per heavy atom. The number of hydrogen-bond donors (Lipinski definition) is 2. The van der Waals surface area contributed by atoms with Crippen LogP contribution in [0.1, 0.15) is 40.5 Å². The molecule has 36 heavy (non-hydrogen) atoms. The number of piperazine rings is 1. The molecule has 0 spiro atoms. The summed E-state index contributed by atoms with van der Waals surface area (Å²) in [7, 11) is 4.02. The molecule has 1 aliphatic carbocycles. The van der Waals surface area contributed by atoms with E-state index in [1.807, 2.05) is 19.0 Å². The number of halogens is 4. The Hall–Kier alpha value is -2.14. The summed E-state index contributed by atoms with van der Waals surface area (Å²) in [4.78, 5) is 15.1. The molecule has 4 aliphatic rings. The van der Waals surface area contributed by atoms with Gasteiger partial charge in [0, 0.05) is 49.4 Å². The lowest BCUT2D eigenvalue weighted by Gasteiger charge is -2.38. The number of rotatable bonds is 3. The van der Waals surface area contributed by atoms with Gasteiger partial charge in [-0.05, 0) is 54.3 Å². The monoisotopic (exact) mass is 513 g/mol. The lowest BCUT2D eigenvalue weighted by molar-refractivity contribution is -0.0967. The third-order valence-electron chi connectivity index (χ3n) is 8.26. The van der Waals surface area contributed by atoms with Gasteiger partial charge >= 0.3 is 6.18 Å². The average molecular weight is 514 g/mol. The standard InChI is InChI=1S/C25H39F4N7/c1-23(2)14-20(24(3,4)35(23)6)32-21-18(26)15-30-22(33-21)31-16-7-8-19(17(13-16)25(27,28)29)36-11-9-34(5)10-12-36/h7-8,16,18,20H,9-15H2,1-6H3,(H2,30,31,32,33). The molecular formula is C25H39F4N7. The van der Waals surface area contributed by atoms with Gasteiger partial charge in [-0.1, -0.05) is 6.08 Å². The number of nitrogens with zero attached hydrogens (tertiary/aromatic N) is 5. The molecule has 0 aromatic rings. The van der Waals surface area contributed by atoms with E-state index in [0.717, 1.165) is 19.5 Å². The minimum Gasteiger partial charge on any atom is -0.369 e. The largest absolute Gasteiger partial charge is 0.414 e. The SMILES string of the molecule is CN1CCN(C2=C(C(F)(F)F)CC(NC3=NCC(F)C(=NC4CC(C)(C)N(C)C4(C)C)N3)C=C2)CC1. The quantitative estimate of drug-likeness (QED) is 0.569. The molecule has 3 atom stereocenters. The van der Waals surface area contributed by atoms with E-state index >= 15 is 0 Å². The van der Waals surface area contributed by atoms with E-state index in [1.165, 1.54) is 0 Å². The highest BCUT2D eigenvalue weighted by Crippen LogP contribution is 2.41. The molecule has 0 saturated carbocycles. The molecule has 2 N–H and O–H groups in total. The van der Waals surface area contributed by atoms with Gasteiger partial charge in [0.1, 0.15) is 5.84 Å². The number of allylic oxidation sites excluding steroid dienone is 1. The van der Waals surface area contributed by atoms with Crippen LogP contribution in [0.4, 0.5) is 17.6 Å². The van der Waals surface area contributed by atoms with Crippen LogP contribution in [0.3, 0.4) is 0 Å². The summed E-state index contributed by atoms with van der Waals surface area (Å²) < 4.78 is 56.8. The number of guanidine groups is 1. The fourth-order valence-electron chi connectivity index (χ4n) is 5.51. The first kappa shape index (κ1) is 26.9. The third kappa shape index (κ3) is 5.41. The second kappa shape index (κ2) is 9.63. The van der Waals surface area contributed by atoms with Crippen molar-refractivity contribution in [2.24, 2.45) is 9.98 Å². The fourth-order valence-corrected chi connectivity index (χ4v) is 5.51. The molecule has 7 nitrogen and oxygen atoms in total. The minimum atomic E-state index is -4.44. The third-order valence-corrected chi connectivity index (χ3v) is 8.26. The van der Waals surface area contributed by atoms with Crippen LogP contribution in [0.5, 0.6) is 0 Å². The molecule has 11 heteroatoms. The Bertz CT molecular complexity index is 958. The molecule has 0 amide bonds. The summed E-state index contributed by atoms with van der Waals surface area (Å²) in [6.07, 6.45) is -1.96. The van der Waals surface area contributed by atoms with Gasteiger partial charge in [-0.2, -0.15) is 13.2 Å². The maximum Gasteiger partial charge on any atom is 0.414 e. The number of alkyl halides is 4. The Kier molecular flexibility index (Phi) is 7.20. The highest BCUT2D eigenvalue weighted by molar-refractivity contribution is 6.04. The maximum atomic E-state index is 14.8. The van der Waals surface area contributed by atoms with Crippen molar-refractivity contribution < 1.29 is 17.6 Å². The summed E-state index contributed by atoms with van der Waals surface area (Å²) in [5.41, 5.74) is -0.645. The molecule has 0 aromatic heterocycles. The van der Waals surface area contributed by atoms with Crippen molar-refractivity contribution in [3.05, 3.63) is 23.4 Å². The molecule has 3 unspecified atom stereocenters. The highest BCUT2D eigenvalue weighted by atomic mass is 19.4. The maximum absolute atomic E-state index is 14.8. The normalized spacial score (nSPS) is 32.6. The number of likely N-dealkylation sites (N-methyl/N-ethyl adjacent to an activating group) is 2. The van der Waals surface area contributed by atoms with Crippen molar-refractivity contribution in [1.29, 1.82) is 0 Å². The lowest BCUT2D eigenvalue weighted by Crippen LogP contribution is -2.53. The second-order valence-corrected chi connectivity index (χ2v) is 11.5. The van der Waals surface area contributed by atoms with E-state index in [-0.39, 0.29) is 47.6 Å². The Morgan fingerprint density at radius 1 is 1.11 bits per heavy atom. The van der Waals surface area contributed by atoms with Gasteiger partial charge in [0.05, 0.1) is 24.2 Å². The molecule has 2 saturated heterocycles. The zero-order valence-corrected chi connectivity index (χ0v) is 22.1. The van der Waals surface area contributed by atoms with Gasteiger partial charge in [-0.15, -0.1) is 0 Å². The van der Waals surface area contributed by atoms with Crippen molar-refractivity contribution in [1.82, 2.24) is 25.3 Å². The van der Waals surface area contributed by atoms with Crippen LogP contribution in [0.2, 0.25) is 0 Å². The van der Waals surface area contributed by atoms with Crippen LogP contribution in [0.25, 0.3) is 0 Å². The van der Waals surface area contributed by atoms with Crippen LogP contribution in [-0.4, -0.2) is 109 Å². The van der Waals surface area contributed by atoms with E-state index in [2.05, 4.69) is 53.1 Å². The first-order valence-corrected chi connectivity index (χ1v) is 12.6. The van der Waals surface area contributed by atoms with Crippen molar-refractivity contribution in [3.8, 4) is 0 Å². The van der Waals surface area contributed by atoms with Crippen LogP contribution in [0, 0.1) is 0 Å². The van der Waals surface area contributed by atoms with Crippen LogP contribution >= 0.6 is 0 Å². The summed E-state index contributed by atoms with van der Waals surface area (Å²) in [5, 5.41) is 5.98. The van der Waals surface area contributed by atoms with Crippen molar-refractivity contribution in [2.75, 3.05) is 46.8 Å². The Labute approximate surface area is 211 Å². The lowest BCUT2D eigenvalue weighted by atomic mass is 9.94. The molecule has 4 rings (SSSR count). The molecule has 2 fully saturated rings. The van der Waals surface area contributed by atoms with Gasteiger partial charge in [0.2, 0.25) is 0 Å². The van der Waals surface area contributed by atoms with E-state index in [1.54, 1.807) is 12.2 Å². The number of likely N-dealkylation sites (tertiary alicyclic amines) is 1.